The summed E-state index contributed by atoms with van der Waals surface area (Å²) in [5.41, 5.74) is 3.54. The monoisotopic (exact) mass is 447 g/mol. The molecule has 2 aromatic carbocycles. The Labute approximate surface area is 183 Å². The molecule has 1 fully saturated rings. The first-order valence-corrected chi connectivity index (χ1v) is 11.7. The number of rotatable bonds is 8. The van der Waals surface area contributed by atoms with Gasteiger partial charge in [-0.2, -0.15) is 4.31 Å². The highest BCUT2D eigenvalue weighted by atomic mass is 32.2. The van der Waals surface area contributed by atoms with Crippen molar-refractivity contribution in [1.29, 1.82) is 0 Å². The number of benzene rings is 2. The minimum atomic E-state index is -3.77. The van der Waals surface area contributed by atoms with E-state index in [1.54, 1.807) is 12.1 Å². The van der Waals surface area contributed by atoms with Gasteiger partial charge in [-0.1, -0.05) is 25.1 Å². The van der Waals surface area contributed by atoms with Gasteiger partial charge in [0.2, 0.25) is 15.9 Å². The molecule has 0 aromatic heterocycles. The topological polar surface area (TPSA) is 97.0 Å². The fraction of sp³-hybridized carbons (Fsp3) is 0.409. The second kappa shape index (κ2) is 10.1. The van der Waals surface area contributed by atoms with Crippen LogP contribution in [0.15, 0.2) is 41.3 Å². The van der Waals surface area contributed by atoms with Crippen molar-refractivity contribution in [2.45, 2.75) is 25.2 Å². The molecule has 1 aliphatic heterocycles. The Balaban J connectivity index is 1.75. The SMILES string of the molecule is CCc1cccc(C)c1NCC(=O)Nc1ccc(OC)c(S(=O)(=O)N2CCOCC2)c1. The summed E-state index contributed by atoms with van der Waals surface area (Å²) < 4.78 is 38.1. The molecule has 0 saturated carbocycles. The van der Waals surface area contributed by atoms with Crippen molar-refractivity contribution < 1.29 is 22.7 Å². The van der Waals surface area contributed by atoms with Crippen LogP contribution in [-0.2, 0) is 26.0 Å². The molecule has 1 amide bonds. The van der Waals surface area contributed by atoms with Crippen molar-refractivity contribution in [2.75, 3.05) is 50.6 Å². The highest BCUT2D eigenvalue weighted by Gasteiger charge is 2.29. The van der Waals surface area contributed by atoms with Crippen LogP contribution in [0.5, 0.6) is 5.75 Å². The fourth-order valence-corrected chi connectivity index (χ4v) is 5.12. The van der Waals surface area contributed by atoms with Crippen LogP contribution in [0.4, 0.5) is 11.4 Å². The van der Waals surface area contributed by atoms with Gasteiger partial charge in [0, 0.05) is 24.5 Å². The van der Waals surface area contributed by atoms with E-state index >= 15 is 0 Å². The molecule has 8 nitrogen and oxygen atoms in total. The lowest BCUT2D eigenvalue weighted by Crippen LogP contribution is -2.40. The van der Waals surface area contributed by atoms with E-state index in [9.17, 15) is 13.2 Å². The smallest absolute Gasteiger partial charge is 0.246 e. The fourth-order valence-electron chi connectivity index (χ4n) is 3.53. The molecule has 9 heteroatoms. The van der Waals surface area contributed by atoms with Crippen molar-refractivity contribution >= 4 is 27.3 Å². The first kappa shape index (κ1) is 23.1. The van der Waals surface area contributed by atoms with Crippen LogP contribution in [0.2, 0.25) is 0 Å². The number of nitrogens with one attached hydrogen (secondary N) is 2. The summed E-state index contributed by atoms with van der Waals surface area (Å²) >= 11 is 0. The summed E-state index contributed by atoms with van der Waals surface area (Å²) in [5.74, 6) is -0.0414. The lowest BCUT2D eigenvalue weighted by Gasteiger charge is -2.26. The van der Waals surface area contributed by atoms with E-state index in [1.165, 1.54) is 17.5 Å². The van der Waals surface area contributed by atoms with Crippen LogP contribution < -0.4 is 15.4 Å². The Hall–Kier alpha value is -2.62. The summed E-state index contributed by atoms with van der Waals surface area (Å²) in [5, 5.41) is 5.97. The van der Waals surface area contributed by atoms with E-state index in [2.05, 4.69) is 17.6 Å². The molecule has 0 aliphatic carbocycles. The number of methoxy groups -OCH3 is 1. The van der Waals surface area contributed by atoms with Gasteiger partial charge in [-0.05, 0) is 42.7 Å². The number of hydrogen-bond donors (Lipinski definition) is 2. The van der Waals surface area contributed by atoms with Crippen LogP contribution in [0.25, 0.3) is 0 Å². The Morgan fingerprint density at radius 1 is 1.19 bits per heavy atom. The molecule has 168 valence electrons. The number of aryl methyl sites for hydroxylation is 2. The number of carbonyl (C=O) groups excluding carboxylic acids is 1. The van der Waals surface area contributed by atoms with Gasteiger partial charge >= 0.3 is 0 Å². The molecule has 0 unspecified atom stereocenters. The van der Waals surface area contributed by atoms with E-state index in [0.29, 0.717) is 18.9 Å². The Morgan fingerprint density at radius 3 is 2.61 bits per heavy atom. The molecule has 0 bridgehead atoms. The third kappa shape index (κ3) is 5.36. The minimum absolute atomic E-state index is 0.0230. The maximum Gasteiger partial charge on any atom is 0.246 e. The van der Waals surface area contributed by atoms with Crippen molar-refractivity contribution in [3.63, 3.8) is 0 Å². The number of nitrogens with zero attached hydrogens (tertiary/aromatic N) is 1. The van der Waals surface area contributed by atoms with Crippen molar-refractivity contribution in [3.8, 4) is 5.75 Å². The summed E-state index contributed by atoms with van der Waals surface area (Å²) in [6.07, 6.45) is 0.854. The highest BCUT2D eigenvalue weighted by molar-refractivity contribution is 7.89. The number of amides is 1. The second-order valence-electron chi connectivity index (χ2n) is 7.25. The van der Waals surface area contributed by atoms with Gasteiger partial charge in [0.25, 0.3) is 0 Å². The van der Waals surface area contributed by atoms with Gasteiger partial charge in [0.1, 0.15) is 10.6 Å². The molecule has 1 aliphatic rings. The van der Waals surface area contributed by atoms with Gasteiger partial charge in [0.05, 0.1) is 26.9 Å². The summed E-state index contributed by atoms with van der Waals surface area (Å²) in [7, 11) is -2.35. The predicted molar refractivity (Wildman–Crippen MR) is 120 cm³/mol. The maximum atomic E-state index is 13.1. The zero-order valence-corrected chi connectivity index (χ0v) is 18.9. The highest BCUT2D eigenvalue weighted by Crippen LogP contribution is 2.30. The minimum Gasteiger partial charge on any atom is -0.495 e. The molecule has 2 N–H and O–H groups in total. The third-order valence-corrected chi connectivity index (χ3v) is 7.12. The van der Waals surface area contributed by atoms with Crippen molar-refractivity contribution in [3.05, 3.63) is 47.5 Å². The molecular weight excluding hydrogens is 418 g/mol. The van der Waals surface area contributed by atoms with Crippen molar-refractivity contribution in [2.24, 2.45) is 0 Å². The van der Waals surface area contributed by atoms with Gasteiger partial charge < -0.3 is 20.1 Å². The van der Waals surface area contributed by atoms with E-state index < -0.39 is 10.0 Å². The van der Waals surface area contributed by atoms with Gasteiger partial charge in [-0.15, -0.1) is 0 Å². The number of sulfonamides is 1. The van der Waals surface area contributed by atoms with Gasteiger partial charge in [0.15, 0.2) is 0 Å². The number of ether oxygens (including phenoxy) is 2. The first-order chi connectivity index (χ1) is 14.9. The van der Waals surface area contributed by atoms with E-state index in [-0.39, 0.29) is 36.2 Å². The lowest BCUT2D eigenvalue weighted by atomic mass is 10.1. The second-order valence-corrected chi connectivity index (χ2v) is 9.15. The average molecular weight is 448 g/mol. The van der Waals surface area contributed by atoms with Gasteiger partial charge in [-0.3, -0.25) is 4.79 Å². The van der Waals surface area contributed by atoms with E-state index in [4.69, 9.17) is 9.47 Å². The third-order valence-electron chi connectivity index (χ3n) is 5.20. The first-order valence-electron chi connectivity index (χ1n) is 10.2. The molecule has 1 heterocycles. The number of anilines is 2. The van der Waals surface area contributed by atoms with Crippen LogP contribution in [-0.4, -0.2) is 58.6 Å². The summed E-state index contributed by atoms with van der Waals surface area (Å²) in [4.78, 5) is 12.6. The van der Waals surface area contributed by atoms with Crippen molar-refractivity contribution in [1.82, 2.24) is 4.31 Å². The quantitative estimate of drug-likeness (QED) is 0.646. The lowest BCUT2D eigenvalue weighted by molar-refractivity contribution is -0.114. The van der Waals surface area contributed by atoms with Crippen LogP contribution in [0.1, 0.15) is 18.1 Å². The number of carbonyl (C=O) groups is 1. The number of hydrogen-bond acceptors (Lipinski definition) is 6. The van der Waals surface area contributed by atoms with Gasteiger partial charge in [-0.25, -0.2) is 8.42 Å². The predicted octanol–water partition coefficient (Wildman–Crippen LogP) is 2.64. The molecule has 3 rings (SSSR count). The Morgan fingerprint density at radius 2 is 1.94 bits per heavy atom. The molecule has 0 spiro atoms. The number of morpholine rings is 1. The summed E-state index contributed by atoms with van der Waals surface area (Å²) in [6.45, 7) is 5.38. The zero-order valence-electron chi connectivity index (χ0n) is 18.1. The normalized spacial score (nSPS) is 14.8. The maximum absolute atomic E-state index is 13.1. The molecular formula is C22H29N3O5S. The molecule has 0 radical (unpaired) electrons. The number of para-hydroxylation sites is 1. The van der Waals surface area contributed by atoms with Crippen LogP contribution in [0.3, 0.4) is 0 Å². The molecule has 31 heavy (non-hydrogen) atoms. The summed E-state index contributed by atoms with van der Waals surface area (Å²) in [6, 6.07) is 10.6. The average Bonchev–Trinajstić information content (AvgIpc) is 2.78. The molecule has 1 saturated heterocycles. The largest absolute Gasteiger partial charge is 0.495 e. The van der Waals surface area contributed by atoms with E-state index in [1.807, 2.05) is 25.1 Å². The Bertz CT molecular complexity index is 1030. The van der Waals surface area contributed by atoms with E-state index in [0.717, 1.165) is 23.2 Å². The van der Waals surface area contributed by atoms with Crippen LogP contribution >= 0.6 is 0 Å². The molecule has 0 atom stereocenters. The zero-order chi connectivity index (χ0) is 22.4. The molecule has 2 aromatic rings. The Kier molecular flexibility index (Phi) is 7.53. The van der Waals surface area contributed by atoms with Crippen LogP contribution in [0, 0.1) is 6.92 Å². The standard InChI is InChI=1S/C22H29N3O5S/c1-4-17-7-5-6-16(2)22(17)23-15-21(26)24-18-8-9-19(29-3)20(14-18)31(27,28)25-10-12-30-13-11-25/h5-9,14,23H,4,10-13,15H2,1-3H3,(H,24,26).